The monoisotopic (exact) mass is 498 g/mol. The van der Waals surface area contributed by atoms with Crippen LogP contribution in [-0.4, -0.2) is 74.2 Å². The Morgan fingerprint density at radius 2 is 1.36 bits per heavy atom. The summed E-state index contributed by atoms with van der Waals surface area (Å²) in [7, 11) is 1.50. The number of rotatable bonds is 23. The number of quaternary nitrogens is 1. The lowest BCUT2D eigenvalue weighted by Gasteiger charge is -2.24. The summed E-state index contributed by atoms with van der Waals surface area (Å²) in [6.45, 7) is 2.08. The van der Waals surface area contributed by atoms with Crippen molar-refractivity contribution in [2.45, 2.75) is 96.5 Å². The minimum Gasteiger partial charge on any atom is -0.463 e. The van der Waals surface area contributed by atoms with Crippen LogP contribution in [0.2, 0.25) is 0 Å². The minimum absolute atomic E-state index is 0.0377. The van der Waals surface area contributed by atoms with Crippen LogP contribution < -0.4 is 0 Å². The smallest absolute Gasteiger partial charge is 0.463 e. The van der Waals surface area contributed by atoms with E-state index in [0.717, 1.165) is 19.3 Å². The number of likely N-dealkylation sites (N-methyl/N-ethyl adjacent to an activating group) is 1. The molecule has 0 fully saturated rings. The van der Waals surface area contributed by atoms with Crippen LogP contribution in [0.5, 0.6) is 0 Å². The van der Waals surface area contributed by atoms with Crippen molar-refractivity contribution in [2.24, 2.45) is 0 Å². The Morgan fingerprint density at radius 1 is 0.848 bits per heavy atom. The number of carbonyl (C=O) groups excluding carboxylic acids is 1. The molecule has 0 aliphatic heterocycles. The fraction of sp³-hybridized carbons (Fsp3) is 0.957. The summed E-state index contributed by atoms with van der Waals surface area (Å²) in [5, 5.41) is 8.92. The summed E-state index contributed by atoms with van der Waals surface area (Å²) in [5.74, 6) is -0.393. The number of unbranched alkanes of at least 4 members (excludes halogenated alkanes) is 11. The van der Waals surface area contributed by atoms with Gasteiger partial charge in [0, 0.05) is 6.42 Å². The number of phosphoric acid groups is 1. The molecule has 0 aliphatic rings. The number of carbonyl (C=O) groups is 1. The zero-order valence-corrected chi connectivity index (χ0v) is 22.2. The second-order valence-electron chi connectivity index (χ2n) is 9.66. The number of ether oxygens (including phenoxy) is 1. The third-order valence-corrected chi connectivity index (χ3v) is 6.24. The van der Waals surface area contributed by atoms with Crippen molar-refractivity contribution in [2.75, 3.05) is 47.5 Å². The van der Waals surface area contributed by atoms with Crippen molar-refractivity contribution in [3.05, 3.63) is 0 Å². The molecule has 9 nitrogen and oxygen atoms in total. The second-order valence-corrected chi connectivity index (χ2v) is 11.1. The largest absolute Gasteiger partial charge is 0.472 e. The summed E-state index contributed by atoms with van der Waals surface area (Å²) >= 11 is 0. The van der Waals surface area contributed by atoms with Crippen molar-refractivity contribution in [1.82, 2.24) is 0 Å². The van der Waals surface area contributed by atoms with Gasteiger partial charge in [-0.1, -0.05) is 77.6 Å². The van der Waals surface area contributed by atoms with E-state index < -0.39 is 26.5 Å². The molecule has 0 saturated heterocycles. The Kier molecular flexibility index (Phi) is 19.4. The number of esters is 1. The molecule has 2 atom stereocenters. The van der Waals surface area contributed by atoms with E-state index in [1.165, 1.54) is 57.8 Å². The Morgan fingerprint density at radius 3 is 1.85 bits per heavy atom. The van der Waals surface area contributed by atoms with Crippen molar-refractivity contribution < 1.29 is 42.7 Å². The highest BCUT2D eigenvalue weighted by molar-refractivity contribution is 7.47. The van der Waals surface area contributed by atoms with E-state index >= 15 is 0 Å². The van der Waals surface area contributed by atoms with E-state index in [1.54, 1.807) is 0 Å². The normalized spacial score (nSPS) is 14.7. The standard InChI is InChI=1S/C23H48NO8P/c1-5-6-7-8-9-10-11-12-13-14-15-16-17-23(25)29-20-22(32-26)21-31-33(27,28)30-19-18-24(2,3)4/h22H,5-21H2,1-4H3,(H-,26,27,28)/p+1. The van der Waals surface area contributed by atoms with Gasteiger partial charge >= 0.3 is 13.8 Å². The maximum atomic E-state index is 11.9. The second kappa shape index (κ2) is 19.7. The highest BCUT2D eigenvalue weighted by Gasteiger charge is 2.25. The molecule has 0 heterocycles. The maximum absolute atomic E-state index is 11.9. The van der Waals surface area contributed by atoms with Crippen LogP contribution in [0.1, 0.15) is 90.4 Å². The van der Waals surface area contributed by atoms with Gasteiger partial charge in [0.15, 0.2) is 6.10 Å². The van der Waals surface area contributed by atoms with Crippen LogP contribution in [0.15, 0.2) is 0 Å². The molecule has 0 bridgehead atoms. The van der Waals surface area contributed by atoms with Crippen molar-refractivity contribution in [3.63, 3.8) is 0 Å². The molecule has 0 aliphatic carbocycles. The molecule has 33 heavy (non-hydrogen) atoms. The zero-order chi connectivity index (χ0) is 25.0. The number of hydrogen-bond acceptors (Lipinski definition) is 7. The molecule has 0 aromatic heterocycles. The van der Waals surface area contributed by atoms with Crippen LogP contribution >= 0.6 is 7.82 Å². The Hall–Kier alpha value is -0.540. The first kappa shape index (κ1) is 32.5. The predicted molar refractivity (Wildman–Crippen MR) is 129 cm³/mol. The highest BCUT2D eigenvalue weighted by Crippen LogP contribution is 2.43. The predicted octanol–water partition coefficient (Wildman–Crippen LogP) is 5.32. The fourth-order valence-electron chi connectivity index (χ4n) is 3.12. The number of nitrogens with zero attached hydrogens (tertiary/aromatic N) is 1. The quantitative estimate of drug-likeness (QED) is 0.0486. The van der Waals surface area contributed by atoms with Gasteiger partial charge in [-0.25, -0.2) is 9.45 Å². The van der Waals surface area contributed by atoms with Crippen LogP contribution in [0.3, 0.4) is 0 Å². The molecular formula is C23H49NO8P+. The van der Waals surface area contributed by atoms with Crippen molar-refractivity contribution in [1.29, 1.82) is 0 Å². The molecular weight excluding hydrogens is 449 g/mol. The van der Waals surface area contributed by atoms with Gasteiger partial charge in [-0.3, -0.25) is 19.1 Å². The average molecular weight is 499 g/mol. The first-order valence-corrected chi connectivity index (χ1v) is 14.0. The number of hydrogen-bond donors (Lipinski definition) is 2. The van der Waals surface area contributed by atoms with E-state index in [1.807, 2.05) is 21.1 Å². The van der Waals surface area contributed by atoms with Gasteiger partial charge in [0.1, 0.15) is 19.8 Å². The molecule has 10 heteroatoms. The van der Waals surface area contributed by atoms with Crippen molar-refractivity contribution in [3.8, 4) is 0 Å². The fourth-order valence-corrected chi connectivity index (χ4v) is 3.86. The lowest BCUT2D eigenvalue weighted by atomic mass is 10.0. The maximum Gasteiger partial charge on any atom is 0.472 e. The van der Waals surface area contributed by atoms with Crippen LogP contribution in [0.4, 0.5) is 0 Å². The van der Waals surface area contributed by atoms with Crippen LogP contribution in [0.25, 0.3) is 0 Å². The Labute approximate surface area is 200 Å². The molecule has 2 N–H and O–H groups in total. The van der Waals surface area contributed by atoms with E-state index in [2.05, 4.69) is 11.8 Å². The van der Waals surface area contributed by atoms with Gasteiger partial charge < -0.3 is 14.1 Å². The molecule has 198 valence electrons. The van der Waals surface area contributed by atoms with Gasteiger partial charge in [0.25, 0.3) is 0 Å². The molecule has 0 rings (SSSR count). The van der Waals surface area contributed by atoms with Gasteiger partial charge in [0.2, 0.25) is 0 Å². The lowest BCUT2D eigenvalue weighted by Crippen LogP contribution is -2.37. The molecule has 0 saturated carbocycles. The van der Waals surface area contributed by atoms with E-state index in [9.17, 15) is 14.3 Å². The van der Waals surface area contributed by atoms with E-state index in [0.29, 0.717) is 17.4 Å². The van der Waals surface area contributed by atoms with Crippen molar-refractivity contribution >= 4 is 13.8 Å². The minimum atomic E-state index is -4.28. The van der Waals surface area contributed by atoms with Crippen LogP contribution in [0, 0.1) is 0 Å². The summed E-state index contributed by atoms with van der Waals surface area (Å²) < 4.78 is 27.2. The Balaban J connectivity index is 3.74. The van der Waals surface area contributed by atoms with Gasteiger partial charge in [-0.15, -0.1) is 0 Å². The van der Waals surface area contributed by atoms with Gasteiger partial charge in [-0.05, 0) is 6.42 Å². The average Bonchev–Trinajstić information content (AvgIpc) is 2.73. The molecule has 2 unspecified atom stereocenters. The van der Waals surface area contributed by atoms with Crippen LogP contribution in [-0.2, 0) is 28.0 Å². The van der Waals surface area contributed by atoms with E-state index in [4.69, 9.17) is 19.0 Å². The molecule has 0 spiro atoms. The van der Waals surface area contributed by atoms with E-state index in [-0.39, 0.29) is 13.2 Å². The summed E-state index contributed by atoms with van der Waals surface area (Å²) in [5.41, 5.74) is 0. The third-order valence-electron chi connectivity index (χ3n) is 5.25. The number of phosphoric ester groups is 1. The topological polar surface area (TPSA) is 112 Å². The molecule has 0 amide bonds. The summed E-state index contributed by atoms with van der Waals surface area (Å²) in [4.78, 5) is 25.7. The van der Waals surface area contributed by atoms with Gasteiger partial charge in [-0.2, -0.15) is 0 Å². The SMILES string of the molecule is CCCCCCCCCCCCCCC(=O)OCC(COP(=O)(O)OCC[N+](C)(C)C)OO. The summed E-state index contributed by atoms with van der Waals surface area (Å²) in [6.07, 6.45) is 13.8. The highest BCUT2D eigenvalue weighted by atomic mass is 31.2. The first-order chi connectivity index (χ1) is 15.6. The molecule has 0 radical (unpaired) electrons. The molecule has 0 aromatic carbocycles. The third kappa shape index (κ3) is 23.0. The molecule has 0 aromatic rings. The lowest BCUT2D eigenvalue weighted by molar-refractivity contribution is -0.870. The summed E-state index contributed by atoms with van der Waals surface area (Å²) in [6, 6.07) is 0. The first-order valence-electron chi connectivity index (χ1n) is 12.5. The zero-order valence-electron chi connectivity index (χ0n) is 21.3. The van der Waals surface area contributed by atoms with Gasteiger partial charge in [0.05, 0.1) is 27.7 Å². The Bertz CT molecular complexity index is 527.